The van der Waals surface area contributed by atoms with Gasteiger partial charge in [-0.15, -0.1) is 0 Å². The highest BCUT2D eigenvalue weighted by Gasteiger charge is 2.34. The van der Waals surface area contributed by atoms with E-state index in [4.69, 9.17) is 16.3 Å². The maximum Gasteiger partial charge on any atom is 0.244 e. The van der Waals surface area contributed by atoms with Gasteiger partial charge in [-0.3, -0.25) is 0 Å². The molecule has 0 aromatic carbocycles. The molecule has 106 valence electrons. The Labute approximate surface area is 125 Å². The van der Waals surface area contributed by atoms with Crippen LogP contribution in [0.2, 0.25) is 5.15 Å². The summed E-state index contributed by atoms with van der Waals surface area (Å²) < 4.78 is 33.3. The summed E-state index contributed by atoms with van der Waals surface area (Å²) in [5.74, 6) is 0. The third kappa shape index (κ3) is 3.66. The maximum atomic E-state index is 12.4. The SMILES string of the molecule is CC1(NS(=O)(=O)c2cc(Br)cnc2Cl)CCCOC1. The van der Waals surface area contributed by atoms with Crippen LogP contribution in [0.25, 0.3) is 0 Å². The second-order valence-corrected chi connectivity index (χ2v) is 7.69. The molecule has 0 saturated carbocycles. The van der Waals surface area contributed by atoms with Gasteiger partial charge in [0.1, 0.15) is 10.0 Å². The van der Waals surface area contributed by atoms with Gasteiger partial charge in [0.25, 0.3) is 0 Å². The first kappa shape index (κ1) is 15.2. The first-order chi connectivity index (χ1) is 8.82. The fourth-order valence-corrected chi connectivity index (χ4v) is 4.35. The summed E-state index contributed by atoms with van der Waals surface area (Å²) >= 11 is 9.05. The molecule has 0 spiro atoms. The predicted octanol–water partition coefficient (Wildman–Crippen LogP) is 2.34. The smallest absolute Gasteiger partial charge is 0.244 e. The van der Waals surface area contributed by atoms with E-state index < -0.39 is 15.6 Å². The molecule has 1 aromatic heterocycles. The molecule has 0 radical (unpaired) electrons. The van der Waals surface area contributed by atoms with Crippen LogP contribution in [-0.4, -0.2) is 32.2 Å². The summed E-state index contributed by atoms with van der Waals surface area (Å²) in [6, 6.07) is 1.44. The number of sulfonamides is 1. The van der Waals surface area contributed by atoms with Crippen molar-refractivity contribution in [2.75, 3.05) is 13.2 Å². The number of hydrogen-bond acceptors (Lipinski definition) is 4. The molecule has 0 aliphatic carbocycles. The second-order valence-electron chi connectivity index (χ2n) is 4.76. The van der Waals surface area contributed by atoms with E-state index in [1.807, 2.05) is 6.92 Å². The minimum atomic E-state index is -3.73. The number of ether oxygens (including phenoxy) is 1. The summed E-state index contributed by atoms with van der Waals surface area (Å²) in [5, 5.41) is -0.0453. The summed E-state index contributed by atoms with van der Waals surface area (Å²) in [6.07, 6.45) is 3.00. The quantitative estimate of drug-likeness (QED) is 0.830. The third-order valence-corrected chi connectivity index (χ3v) is 5.38. The van der Waals surface area contributed by atoms with E-state index in [1.165, 1.54) is 12.3 Å². The molecule has 0 amide bonds. The van der Waals surface area contributed by atoms with Crippen molar-refractivity contribution in [1.29, 1.82) is 0 Å². The highest BCUT2D eigenvalue weighted by molar-refractivity contribution is 9.10. The van der Waals surface area contributed by atoms with E-state index in [-0.39, 0.29) is 10.0 Å². The van der Waals surface area contributed by atoms with Crippen molar-refractivity contribution in [3.05, 3.63) is 21.9 Å². The molecule has 1 unspecified atom stereocenters. The third-order valence-electron chi connectivity index (χ3n) is 2.88. The fourth-order valence-electron chi connectivity index (χ4n) is 1.99. The van der Waals surface area contributed by atoms with E-state index in [0.717, 1.165) is 12.8 Å². The van der Waals surface area contributed by atoms with Crippen LogP contribution in [0.1, 0.15) is 19.8 Å². The molecule has 1 fully saturated rings. The first-order valence-electron chi connectivity index (χ1n) is 5.75. The van der Waals surface area contributed by atoms with Gasteiger partial charge in [0.2, 0.25) is 10.0 Å². The number of halogens is 2. The number of hydrogen-bond donors (Lipinski definition) is 1. The van der Waals surface area contributed by atoms with Gasteiger partial charge in [-0.25, -0.2) is 18.1 Å². The molecule has 0 bridgehead atoms. The van der Waals surface area contributed by atoms with Crippen LogP contribution in [-0.2, 0) is 14.8 Å². The van der Waals surface area contributed by atoms with Crippen molar-refractivity contribution in [2.45, 2.75) is 30.2 Å². The van der Waals surface area contributed by atoms with Crippen LogP contribution in [0.3, 0.4) is 0 Å². The molecule has 1 aromatic rings. The van der Waals surface area contributed by atoms with Gasteiger partial charge in [-0.2, -0.15) is 0 Å². The highest BCUT2D eigenvalue weighted by atomic mass is 79.9. The fraction of sp³-hybridized carbons (Fsp3) is 0.545. The topological polar surface area (TPSA) is 68.3 Å². The molecule has 1 atom stereocenters. The van der Waals surface area contributed by atoms with E-state index in [9.17, 15) is 8.42 Å². The van der Waals surface area contributed by atoms with E-state index in [1.54, 1.807) is 0 Å². The van der Waals surface area contributed by atoms with Crippen molar-refractivity contribution in [1.82, 2.24) is 9.71 Å². The Bertz CT molecular complexity index is 573. The average Bonchev–Trinajstić information content (AvgIpc) is 2.31. The van der Waals surface area contributed by atoms with Gasteiger partial charge in [-0.05, 0) is 41.8 Å². The number of rotatable bonds is 3. The van der Waals surface area contributed by atoms with E-state index in [0.29, 0.717) is 17.7 Å². The van der Waals surface area contributed by atoms with Crippen molar-refractivity contribution in [2.24, 2.45) is 0 Å². The lowest BCUT2D eigenvalue weighted by atomic mass is 9.97. The minimum Gasteiger partial charge on any atom is -0.380 e. The lowest BCUT2D eigenvalue weighted by Crippen LogP contribution is -2.51. The Morgan fingerprint density at radius 1 is 1.58 bits per heavy atom. The Hall–Kier alpha value is -0.210. The summed E-state index contributed by atoms with van der Waals surface area (Å²) in [4.78, 5) is 3.80. The average molecular weight is 370 g/mol. The number of nitrogens with one attached hydrogen (secondary N) is 1. The predicted molar refractivity (Wildman–Crippen MR) is 75.7 cm³/mol. The summed E-state index contributed by atoms with van der Waals surface area (Å²) in [5.41, 5.74) is -0.608. The normalized spacial score (nSPS) is 24.4. The number of pyridine rings is 1. The van der Waals surface area contributed by atoms with Crippen molar-refractivity contribution < 1.29 is 13.2 Å². The van der Waals surface area contributed by atoms with Crippen molar-refractivity contribution >= 4 is 37.6 Å². The van der Waals surface area contributed by atoms with Gasteiger partial charge in [-0.1, -0.05) is 11.6 Å². The lowest BCUT2D eigenvalue weighted by Gasteiger charge is -2.33. The summed E-state index contributed by atoms with van der Waals surface area (Å²) in [7, 11) is -3.73. The molecule has 1 N–H and O–H groups in total. The minimum absolute atomic E-state index is 0.0321. The van der Waals surface area contributed by atoms with Gasteiger partial charge >= 0.3 is 0 Å². The zero-order valence-corrected chi connectivity index (χ0v) is 13.5. The molecule has 1 saturated heterocycles. The zero-order chi connectivity index (χ0) is 14.1. The first-order valence-corrected chi connectivity index (χ1v) is 8.41. The molecule has 1 aliphatic rings. The Kier molecular flexibility index (Phi) is 4.52. The van der Waals surface area contributed by atoms with Crippen LogP contribution >= 0.6 is 27.5 Å². The zero-order valence-electron chi connectivity index (χ0n) is 10.3. The molecule has 5 nitrogen and oxygen atoms in total. The largest absolute Gasteiger partial charge is 0.380 e. The van der Waals surface area contributed by atoms with Crippen molar-refractivity contribution in [3.8, 4) is 0 Å². The monoisotopic (exact) mass is 368 g/mol. The molecule has 19 heavy (non-hydrogen) atoms. The van der Waals surface area contributed by atoms with E-state index in [2.05, 4.69) is 25.6 Å². The lowest BCUT2D eigenvalue weighted by molar-refractivity contribution is 0.0386. The van der Waals surface area contributed by atoms with Crippen molar-refractivity contribution in [3.63, 3.8) is 0 Å². The van der Waals surface area contributed by atoms with Gasteiger partial charge < -0.3 is 4.74 Å². The Morgan fingerprint density at radius 3 is 2.95 bits per heavy atom. The van der Waals surface area contributed by atoms with Crippen LogP contribution < -0.4 is 4.72 Å². The molecular weight excluding hydrogens is 356 g/mol. The summed E-state index contributed by atoms with van der Waals surface area (Å²) in [6.45, 7) is 2.84. The van der Waals surface area contributed by atoms with Gasteiger partial charge in [0.05, 0.1) is 12.1 Å². The van der Waals surface area contributed by atoms with E-state index >= 15 is 0 Å². The van der Waals surface area contributed by atoms with Crippen LogP contribution in [0.15, 0.2) is 21.6 Å². The second kappa shape index (κ2) is 5.65. The Balaban J connectivity index is 2.29. The van der Waals surface area contributed by atoms with Crippen LogP contribution in [0, 0.1) is 0 Å². The molecular formula is C11H14BrClN2O3S. The van der Waals surface area contributed by atoms with Gasteiger partial charge in [0, 0.05) is 17.3 Å². The maximum absolute atomic E-state index is 12.4. The molecule has 1 aliphatic heterocycles. The molecule has 8 heteroatoms. The standard InChI is InChI=1S/C11H14BrClN2O3S/c1-11(3-2-4-18-7-11)15-19(16,17)9-5-8(12)6-14-10(9)13/h5-6,15H,2-4,7H2,1H3. The molecule has 2 rings (SSSR count). The molecule has 2 heterocycles. The van der Waals surface area contributed by atoms with Gasteiger partial charge in [0.15, 0.2) is 0 Å². The van der Waals surface area contributed by atoms with Crippen LogP contribution in [0.5, 0.6) is 0 Å². The Morgan fingerprint density at radius 2 is 2.32 bits per heavy atom. The highest BCUT2D eigenvalue weighted by Crippen LogP contribution is 2.26. The number of aromatic nitrogens is 1. The number of nitrogens with zero attached hydrogens (tertiary/aromatic N) is 1. The van der Waals surface area contributed by atoms with Crippen LogP contribution in [0.4, 0.5) is 0 Å².